The van der Waals surface area contributed by atoms with E-state index >= 15 is 9.59 Å². The molecule has 20 heteroatoms. The second-order valence-electron chi connectivity index (χ2n) is 26.5. The Balaban J connectivity index is 1.71. The molecular weight excluding hydrogens is 1230 g/mol. The fourth-order valence-corrected chi connectivity index (χ4v) is 14.5. The van der Waals surface area contributed by atoms with E-state index in [4.69, 9.17) is 28.4 Å². The number of ether oxygens (including phenoxy) is 6. The van der Waals surface area contributed by atoms with Gasteiger partial charge in [0.1, 0.15) is 12.1 Å². The number of aromatic hydroxyl groups is 4. The van der Waals surface area contributed by atoms with Crippen molar-refractivity contribution in [3.63, 3.8) is 0 Å². The van der Waals surface area contributed by atoms with E-state index in [1.54, 1.807) is 41.5 Å². The van der Waals surface area contributed by atoms with Gasteiger partial charge in [-0.1, -0.05) is 161 Å². The maximum absolute atomic E-state index is 16.4. The van der Waals surface area contributed by atoms with Crippen molar-refractivity contribution in [2.75, 3.05) is 42.7 Å². The van der Waals surface area contributed by atoms with Crippen molar-refractivity contribution in [1.82, 2.24) is 10.6 Å². The predicted molar refractivity (Wildman–Crippen MR) is 358 cm³/mol. The number of carbonyl (C=O) groups excluding carboxylic acids is 8. The minimum Gasteiger partial charge on any atom is -0.504 e. The number of hydrogen-bond donors (Lipinski definition) is 6. The number of methoxy groups -OCH3 is 6. The molecule has 8 atom stereocenters. The van der Waals surface area contributed by atoms with E-state index < -0.39 is 127 Å². The van der Waals surface area contributed by atoms with Gasteiger partial charge < -0.3 is 59.5 Å². The second-order valence-corrected chi connectivity index (χ2v) is 26.5. The maximum Gasteiger partial charge on any atom is 0.328 e. The lowest BCUT2D eigenvalue weighted by Crippen LogP contribution is -2.54. The monoisotopic (exact) mass is 1320 g/mol. The smallest absolute Gasteiger partial charge is 0.328 e. The lowest BCUT2D eigenvalue weighted by molar-refractivity contribution is -0.161. The van der Waals surface area contributed by atoms with Crippen LogP contribution >= 0.6 is 0 Å². The van der Waals surface area contributed by atoms with Gasteiger partial charge in [0.15, 0.2) is 23.0 Å². The summed E-state index contributed by atoms with van der Waals surface area (Å²) in [6.45, 7) is 9.82. The van der Waals surface area contributed by atoms with Crippen molar-refractivity contribution < 1.29 is 87.2 Å². The molecule has 0 spiro atoms. The van der Waals surface area contributed by atoms with Crippen molar-refractivity contribution in [2.45, 2.75) is 129 Å². The Bertz CT molecular complexity index is 3340. The third kappa shape index (κ3) is 17.8. The van der Waals surface area contributed by atoms with Crippen LogP contribution in [0.4, 0.5) is 0 Å². The molecule has 2 amide bonds. The van der Waals surface area contributed by atoms with Crippen molar-refractivity contribution in [2.24, 2.45) is 33.5 Å². The molecule has 514 valence electrons. The van der Waals surface area contributed by atoms with Gasteiger partial charge in [-0.25, -0.2) is 9.59 Å². The minimum absolute atomic E-state index is 0.106. The van der Waals surface area contributed by atoms with Gasteiger partial charge in [-0.05, 0) is 123 Å². The van der Waals surface area contributed by atoms with Crippen LogP contribution in [-0.4, -0.2) is 123 Å². The van der Waals surface area contributed by atoms with Gasteiger partial charge in [0, 0.05) is 34.5 Å². The molecule has 0 saturated carbocycles. The fraction of sp³-hybridized carbons (Fsp3) is 0.421. The number of rotatable bonds is 33. The van der Waals surface area contributed by atoms with E-state index in [2.05, 4.69) is 10.6 Å². The van der Waals surface area contributed by atoms with Crippen LogP contribution in [0, 0.1) is 33.5 Å². The van der Waals surface area contributed by atoms with Crippen molar-refractivity contribution in [1.29, 1.82) is 0 Å². The quantitative estimate of drug-likeness (QED) is 0.0127. The first-order valence-electron chi connectivity index (χ1n) is 31.8. The van der Waals surface area contributed by atoms with Crippen LogP contribution in [0.1, 0.15) is 126 Å². The summed E-state index contributed by atoms with van der Waals surface area (Å²) in [5.74, 6) is -9.44. The second kappa shape index (κ2) is 32.6. The van der Waals surface area contributed by atoms with E-state index in [0.717, 1.165) is 14.2 Å². The molecule has 0 heterocycles. The zero-order valence-corrected chi connectivity index (χ0v) is 56.9. The standard InChI is InChI=1S/C76H92N2O18/c1-49(63(83)91-7)43-71(3,69(89)95-11)45-73(5,67(87)77-57(65(85)93-9)39-51-33-35-59(79)61(81)41-51)47-75(53-25-17-13-18-26-53,54-27-19-14-20-28-54)37-38-76(55-29-21-15-22-30-55,56-31-23-16-24-32-56)48-74(6,46-72(4,70(90)96-12)44-50(2)64(84)92-8)68(88)78-58(66(86)94-10)40-52-34-36-60(80)62(82)42-52/h13-36,41-42,49-50,57-58,79-82H,37-40,43-48H2,1-12H3,(H,77,87)(H,78,88). The summed E-state index contributed by atoms with van der Waals surface area (Å²) in [4.78, 5) is 117. The summed E-state index contributed by atoms with van der Waals surface area (Å²) in [7, 11) is 7.21. The molecule has 0 bridgehead atoms. The topological polar surface area (TPSA) is 297 Å². The van der Waals surface area contributed by atoms with Gasteiger partial charge in [-0.3, -0.25) is 28.8 Å². The first kappa shape index (κ1) is 75.3. The van der Waals surface area contributed by atoms with E-state index in [0.29, 0.717) is 33.4 Å². The van der Waals surface area contributed by atoms with Gasteiger partial charge in [-0.2, -0.15) is 0 Å². The summed E-state index contributed by atoms with van der Waals surface area (Å²) in [5, 5.41) is 47.7. The Labute approximate surface area is 562 Å². The van der Waals surface area contributed by atoms with Gasteiger partial charge in [0.2, 0.25) is 11.8 Å². The van der Waals surface area contributed by atoms with Crippen LogP contribution in [0.5, 0.6) is 23.0 Å². The van der Waals surface area contributed by atoms with Crippen molar-refractivity contribution in [3.05, 3.63) is 191 Å². The summed E-state index contributed by atoms with van der Waals surface area (Å²) >= 11 is 0. The number of carbonyl (C=O) groups is 8. The third-order valence-electron chi connectivity index (χ3n) is 18.9. The van der Waals surface area contributed by atoms with Crippen LogP contribution in [0.2, 0.25) is 0 Å². The summed E-state index contributed by atoms with van der Waals surface area (Å²) in [5.41, 5.74) is -5.99. The first-order chi connectivity index (χ1) is 45.4. The lowest BCUT2D eigenvalue weighted by atomic mass is 9.54. The molecule has 6 aromatic rings. The fourth-order valence-electron chi connectivity index (χ4n) is 14.5. The molecule has 0 fully saturated rings. The average Bonchev–Trinajstić information content (AvgIpc) is 0.741. The maximum atomic E-state index is 16.4. The summed E-state index contributed by atoms with van der Waals surface area (Å²) in [6.07, 6.45) is -1.46. The van der Waals surface area contributed by atoms with Crippen LogP contribution < -0.4 is 10.6 Å². The van der Waals surface area contributed by atoms with Gasteiger partial charge in [-0.15, -0.1) is 0 Å². The molecule has 6 N–H and O–H groups in total. The SMILES string of the molecule is COC(=O)C(C)CC(C)(CC(C)(CC(CCC(CC(C)(CC(C)(CC(C)C(=O)OC)C(=O)OC)C(=O)NC(Cc1ccc(O)c(O)c1)C(=O)OC)(c1ccccc1)c1ccccc1)(c1ccccc1)c1ccccc1)C(=O)NC(Cc1ccc(O)c(O)c1)C(=O)OC)C(=O)OC. The normalized spacial score (nSPS) is 15.3. The number of esters is 6. The molecule has 0 aliphatic heterocycles. The number of hydrogen-bond acceptors (Lipinski definition) is 18. The predicted octanol–water partition coefficient (Wildman–Crippen LogP) is 10.7. The Morgan fingerprint density at radius 3 is 0.896 bits per heavy atom. The zero-order valence-electron chi connectivity index (χ0n) is 56.9. The molecular formula is C76H92N2O18. The molecule has 6 rings (SSSR count). The molecule has 0 radical (unpaired) electrons. The Morgan fingerprint density at radius 2 is 0.646 bits per heavy atom. The number of benzene rings is 6. The van der Waals surface area contributed by atoms with Crippen LogP contribution in [-0.2, 0) is 90.4 Å². The molecule has 20 nitrogen and oxygen atoms in total. The van der Waals surface area contributed by atoms with E-state index in [-0.39, 0.29) is 64.2 Å². The first-order valence-corrected chi connectivity index (χ1v) is 31.8. The Kier molecular flexibility index (Phi) is 25.6. The molecule has 6 aromatic carbocycles. The highest BCUT2D eigenvalue weighted by atomic mass is 16.5. The van der Waals surface area contributed by atoms with Crippen LogP contribution in [0.15, 0.2) is 158 Å². The van der Waals surface area contributed by atoms with Crippen LogP contribution in [0.3, 0.4) is 0 Å². The number of nitrogens with one attached hydrogen (secondary N) is 2. The Morgan fingerprint density at radius 1 is 0.365 bits per heavy atom. The average molecular weight is 1320 g/mol. The molecule has 8 unspecified atom stereocenters. The van der Waals surface area contributed by atoms with Gasteiger partial charge in [0.05, 0.1) is 65.3 Å². The number of phenolic OH excluding ortho intramolecular Hbond substituents is 4. The van der Waals surface area contributed by atoms with Crippen LogP contribution in [0.25, 0.3) is 0 Å². The zero-order chi connectivity index (χ0) is 70.8. The lowest BCUT2D eigenvalue weighted by Gasteiger charge is -2.49. The largest absolute Gasteiger partial charge is 0.504 e. The molecule has 0 saturated heterocycles. The summed E-state index contributed by atoms with van der Waals surface area (Å²) in [6, 6.07) is 43.0. The highest BCUT2D eigenvalue weighted by molar-refractivity contribution is 5.91. The summed E-state index contributed by atoms with van der Waals surface area (Å²) < 4.78 is 32.1. The molecule has 0 aliphatic carbocycles. The van der Waals surface area contributed by atoms with E-state index in [1.165, 1.54) is 64.8 Å². The van der Waals surface area contributed by atoms with Crippen molar-refractivity contribution >= 4 is 47.6 Å². The number of phenols is 4. The Hall–Kier alpha value is -9.72. The van der Waals surface area contributed by atoms with E-state index in [1.807, 2.05) is 121 Å². The molecule has 0 aromatic heterocycles. The van der Waals surface area contributed by atoms with Gasteiger partial charge >= 0.3 is 35.8 Å². The molecule has 0 aliphatic rings. The highest BCUT2D eigenvalue weighted by Gasteiger charge is 2.56. The minimum atomic E-state index is -1.78. The molecule has 96 heavy (non-hydrogen) atoms. The third-order valence-corrected chi connectivity index (χ3v) is 18.9. The van der Waals surface area contributed by atoms with Gasteiger partial charge in [0.25, 0.3) is 0 Å². The number of amides is 2. The highest BCUT2D eigenvalue weighted by Crippen LogP contribution is 2.56. The van der Waals surface area contributed by atoms with Crippen molar-refractivity contribution in [3.8, 4) is 23.0 Å². The van der Waals surface area contributed by atoms with E-state index in [9.17, 15) is 49.2 Å².